The first-order valence-corrected chi connectivity index (χ1v) is 8.08. The van der Waals surface area contributed by atoms with Gasteiger partial charge < -0.3 is 10.1 Å². The minimum absolute atomic E-state index is 0.0151. The number of carbonyl (C=O) groups excluding carboxylic acids is 1. The Labute approximate surface area is 116 Å². The smallest absolute Gasteiger partial charge is 0.265 e. The van der Waals surface area contributed by atoms with E-state index < -0.39 is 9.05 Å². The molecule has 0 spiro atoms. The summed E-state index contributed by atoms with van der Waals surface area (Å²) in [6, 6.07) is 3.07. The first-order valence-electron chi connectivity index (χ1n) is 5.77. The highest BCUT2D eigenvalue weighted by molar-refractivity contribution is 8.13. The third kappa shape index (κ3) is 3.19. The van der Waals surface area contributed by atoms with Crippen molar-refractivity contribution in [1.82, 2.24) is 0 Å². The maximum absolute atomic E-state index is 11.8. The Morgan fingerprint density at radius 2 is 2.05 bits per heavy atom. The molecule has 0 aromatic heterocycles. The van der Waals surface area contributed by atoms with Crippen LogP contribution in [0.25, 0.3) is 0 Å². The van der Waals surface area contributed by atoms with Gasteiger partial charge in [-0.2, -0.15) is 0 Å². The predicted molar refractivity (Wildman–Crippen MR) is 72.1 cm³/mol. The third-order valence-corrected chi connectivity index (χ3v) is 4.20. The lowest BCUT2D eigenvalue weighted by Crippen LogP contribution is -2.15. The van der Waals surface area contributed by atoms with Gasteiger partial charge in [0.25, 0.3) is 9.05 Å². The van der Waals surface area contributed by atoms with Crippen molar-refractivity contribution in [2.45, 2.75) is 24.7 Å². The van der Waals surface area contributed by atoms with Crippen LogP contribution in [0.15, 0.2) is 17.0 Å². The third-order valence-electron chi connectivity index (χ3n) is 2.87. The van der Waals surface area contributed by atoms with E-state index in [9.17, 15) is 13.2 Å². The lowest BCUT2D eigenvalue weighted by molar-refractivity contribution is -0.117. The molecule has 5 nitrogen and oxygen atoms in total. The molecule has 0 bridgehead atoms. The van der Waals surface area contributed by atoms with Gasteiger partial charge >= 0.3 is 0 Å². The summed E-state index contributed by atoms with van der Waals surface area (Å²) in [5.74, 6) is -0.0438. The van der Waals surface area contributed by atoms with Crippen LogP contribution in [0.1, 0.15) is 18.4 Å². The molecule has 0 aliphatic heterocycles. The standard InChI is InChI=1S/C12H14ClNO4S/c1-7-5-9(14-12(15)8-3-4-8)11(18-2)10(6-7)19(13,16)17/h5-6,8H,3-4H2,1-2H3,(H,14,15). The zero-order valence-corrected chi connectivity index (χ0v) is 12.1. The summed E-state index contributed by atoms with van der Waals surface area (Å²) in [5.41, 5.74) is 1.00. The number of benzene rings is 1. The first-order chi connectivity index (χ1) is 8.82. The van der Waals surface area contributed by atoms with E-state index in [4.69, 9.17) is 15.4 Å². The molecule has 1 fully saturated rings. The van der Waals surface area contributed by atoms with Gasteiger partial charge in [0.2, 0.25) is 5.91 Å². The van der Waals surface area contributed by atoms with Gasteiger partial charge in [-0.3, -0.25) is 4.79 Å². The van der Waals surface area contributed by atoms with Crippen LogP contribution in [-0.2, 0) is 13.8 Å². The SMILES string of the molecule is COc1c(NC(=O)C2CC2)cc(C)cc1S(=O)(=O)Cl. The van der Waals surface area contributed by atoms with Crippen molar-refractivity contribution in [2.24, 2.45) is 5.92 Å². The van der Waals surface area contributed by atoms with Gasteiger partial charge in [0.1, 0.15) is 4.90 Å². The summed E-state index contributed by atoms with van der Waals surface area (Å²) < 4.78 is 28.1. The predicted octanol–water partition coefficient (Wildman–Crippen LogP) is 2.28. The van der Waals surface area contributed by atoms with E-state index in [1.54, 1.807) is 13.0 Å². The minimum atomic E-state index is -3.94. The number of methoxy groups -OCH3 is 1. The molecule has 0 atom stereocenters. The number of aryl methyl sites for hydroxylation is 1. The minimum Gasteiger partial charge on any atom is -0.493 e. The number of rotatable bonds is 4. The lowest BCUT2D eigenvalue weighted by Gasteiger charge is -2.14. The van der Waals surface area contributed by atoms with Crippen LogP contribution in [0.3, 0.4) is 0 Å². The molecule has 1 N–H and O–H groups in total. The van der Waals surface area contributed by atoms with Crippen molar-refractivity contribution in [3.63, 3.8) is 0 Å². The molecule has 7 heteroatoms. The second-order valence-corrected chi connectivity index (χ2v) is 7.08. The van der Waals surface area contributed by atoms with Gasteiger partial charge in [-0.15, -0.1) is 0 Å². The van der Waals surface area contributed by atoms with Crippen LogP contribution in [0.2, 0.25) is 0 Å². The zero-order chi connectivity index (χ0) is 14.2. The Hall–Kier alpha value is -1.27. The number of halogens is 1. The monoisotopic (exact) mass is 303 g/mol. The summed E-state index contributed by atoms with van der Waals surface area (Å²) in [6.07, 6.45) is 1.72. The average Bonchev–Trinajstić information content (AvgIpc) is 3.10. The first kappa shape index (κ1) is 14.1. The molecule has 1 aliphatic carbocycles. The second kappa shape index (κ2) is 5.02. The van der Waals surface area contributed by atoms with Crippen molar-refractivity contribution in [3.05, 3.63) is 17.7 Å². The van der Waals surface area contributed by atoms with Crippen LogP contribution in [0, 0.1) is 12.8 Å². The quantitative estimate of drug-likeness (QED) is 0.866. The van der Waals surface area contributed by atoms with E-state index in [-0.39, 0.29) is 22.5 Å². The molecular formula is C12H14ClNO4S. The molecule has 0 heterocycles. The molecular weight excluding hydrogens is 290 g/mol. The van der Waals surface area contributed by atoms with Crippen molar-refractivity contribution in [3.8, 4) is 5.75 Å². The number of hydrogen-bond donors (Lipinski definition) is 1. The van der Waals surface area contributed by atoms with Crippen LogP contribution < -0.4 is 10.1 Å². The van der Waals surface area contributed by atoms with E-state index in [0.717, 1.165) is 12.8 Å². The highest BCUT2D eigenvalue weighted by Gasteiger charge is 2.31. The number of anilines is 1. The molecule has 1 aromatic carbocycles. The molecule has 0 saturated heterocycles. The van der Waals surface area contributed by atoms with Gasteiger partial charge in [0.05, 0.1) is 12.8 Å². The summed E-state index contributed by atoms with van der Waals surface area (Å²) in [4.78, 5) is 11.6. The molecule has 1 saturated carbocycles. The average molecular weight is 304 g/mol. The van der Waals surface area contributed by atoms with Crippen molar-refractivity contribution in [1.29, 1.82) is 0 Å². The summed E-state index contributed by atoms with van der Waals surface area (Å²) in [6.45, 7) is 1.72. The number of hydrogen-bond acceptors (Lipinski definition) is 4. The maximum Gasteiger partial charge on any atom is 0.265 e. The summed E-state index contributed by atoms with van der Waals surface area (Å²) in [7, 11) is 2.78. The van der Waals surface area contributed by atoms with E-state index >= 15 is 0 Å². The Morgan fingerprint density at radius 3 is 2.53 bits per heavy atom. The number of nitrogens with one attached hydrogen (secondary N) is 1. The molecule has 1 amide bonds. The van der Waals surface area contributed by atoms with Gasteiger partial charge in [-0.25, -0.2) is 8.42 Å². The lowest BCUT2D eigenvalue weighted by atomic mass is 10.2. The Morgan fingerprint density at radius 1 is 1.42 bits per heavy atom. The van der Waals surface area contributed by atoms with Crippen LogP contribution in [0.5, 0.6) is 5.75 Å². The Balaban J connectivity index is 2.47. The summed E-state index contributed by atoms with van der Waals surface area (Å²) in [5, 5.41) is 2.69. The highest BCUT2D eigenvalue weighted by atomic mass is 35.7. The van der Waals surface area contributed by atoms with E-state index in [2.05, 4.69) is 5.32 Å². The van der Waals surface area contributed by atoms with Crippen LogP contribution in [0.4, 0.5) is 5.69 Å². The van der Waals surface area contributed by atoms with Crippen LogP contribution in [-0.4, -0.2) is 21.4 Å². The number of amides is 1. The zero-order valence-electron chi connectivity index (χ0n) is 10.6. The maximum atomic E-state index is 11.8. The summed E-state index contributed by atoms with van der Waals surface area (Å²) >= 11 is 0. The topological polar surface area (TPSA) is 72.5 Å². The molecule has 104 valence electrons. The largest absolute Gasteiger partial charge is 0.493 e. The van der Waals surface area contributed by atoms with E-state index in [1.807, 2.05) is 0 Å². The fraction of sp³-hybridized carbons (Fsp3) is 0.417. The normalized spacial score (nSPS) is 15.1. The van der Waals surface area contributed by atoms with Crippen molar-refractivity contribution >= 4 is 31.3 Å². The highest BCUT2D eigenvalue weighted by Crippen LogP contribution is 2.37. The second-order valence-electron chi connectivity index (χ2n) is 4.55. The van der Waals surface area contributed by atoms with Gasteiger partial charge in [-0.1, -0.05) is 0 Å². The molecule has 0 unspecified atom stereocenters. The Bertz CT molecular complexity index is 623. The fourth-order valence-corrected chi connectivity index (χ4v) is 2.89. The molecule has 19 heavy (non-hydrogen) atoms. The van der Waals surface area contributed by atoms with E-state index in [1.165, 1.54) is 13.2 Å². The fourth-order valence-electron chi connectivity index (χ4n) is 1.80. The molecule has 2 rings (SSSR count). The van der Waals surface area contributed by atoms with Crippen LogP contribution >= 0.6 is 10.7 Å². The van der Waals surface area contributed by atoms with Gasteiger partial charge in [-0.05, 0) is 37.5 Å². The molecule has 1 aliphatic rings. The molecule has 1 aromatic rings. The van der Waals surface area contributed by atoms with Crippen molar-refractivity contribution < 1.29 is 17.9 Å². The van der Waals surface area contributed by atoms with Crippen molar-refractivity contribution in [2.75, 3.05) is 12.4 Å². The van der Waals surface area contributed by atoms with Gasteiger partial charge in [0.15, 0.2) is 5.75 Å². The number of carbonyl (C=O) groups is 1. The van der Waals surface area contributed by atoms with Gasteiger partial charge in [0, 0.05) is 16.6 Å². The molecule has 0 radical (unpaired) electrons. The Kier molecular flexibility index (Phi) is 3.73. The number of ether oxygens (including phenoxy) is 1. The van der Waals surface area contributed by atoms with E-state index in [0.29, 0.717) is 11.3 Å².